The van der Waals surface area contributed by atoms with E-state index >= 15 is 0 Å². The van der Waals surface area contributed by atoms with Gasteiger partial charge in [0.15, 0.2) is 40.8 Å². The van der Waals surface area contributed by atoms with E-state index in [9.17, 15) is 34.5 Å². The molecule has 248 valence electrons. The number of aromatic nitrogens is 6. The predicted molar refractivity (Wildman–Crippen MR) is 166 cm³/mol. The smallest absolute Gasteiger partial charge is 0.348 e. The summed E-state index contributed by atoms with van der Waals surface area (Å²) in [5.74, 6) is -4.49. The number of pyridine rings is 1. The Labute approximate surface area is 276 Å². The molecule has 1 saturated heterocycles. The average molecular weight is 698 g/mol. The molecule has 2 aliphatic heterocycles. The van der Waals surface area contributed by atoms with Crippen LogP contribution in [0, 0.1) is 6.92 Å². The van der Waals surface area contributed by atoms with Gasteiger partial charge in [0, 0.05) is 35.1 Å². The Morgan fingerprint density at radius 1 is 1.23 bits per heavy atom. The summed E-state index contributed by atoms with van der Waals surface area (Å²) >= 11 is 2.33. The molecule has 1 aromatic carbocycles. The van der Waals surface area contributed by atoms with Crippen LogP contribution in [-0.2, 0) is 30.6 Å². The number of aliphatic carboxylic acids is 2. The zero-order chi connectivity index (χ0) is 34.3. The van der Waals surface area contributed by atoms with Gasteiger partial charge in [-0.05, 0) is 22.7 Å². The Hall–Kier alpha value is -5.83. The van der Waals surface area contributed by atoms with Crippen molar-refractivity contribution in [3.8, 4) is 11.5 Å². The first-order valence-corrected chi connectivity index (χ1v) is 15.8. The van der Waals surface area contributed by atoms with E-state index < -0.39 is 53.4 Å². The summed E-state index contributed by atoms with van der Waals surface area (Å²) in [6.45, 7) is 2.17. The van der Waals surface area contributed by atoms with Crippen LogP contribution in [0.4, 0.5) is 5.13 Å². The first-order chi connectivity index (χ1) is 22.9. The van der Waals surface area contributed by atoms with Crippen LogP contribution < -0.4 is 15.6 Å². The van der Waals surface area contributed by atoms with Crippen molar-refractivity contribution in [2.45, 2.75) is 37.4 Å². The van der Waals surface area contributed by atoms with E-state index in [1.54, 1.807) is 0 Å². The fraction of sp³-hybridized carbons (Fsp3) is 0.259. The summed E-state index contributed by atoms with van der Waals surface area (Å²) in [4.78, 5) is 60.0. The molecule has 8 N–H and O–H groups in total. The predicted octanol–water partition coefficient (Wildman–Crippen LogP) is -0.441. The zero-order valence-corrected chi connectivity index (χ0v) is 26.2. The number of aryl methyl sites for hydroxylation is 1. The van der Waals surface area contributed by atoms with Gasteiger partial charge >= 0.3 is 11.9 Å². The molecule has 0 radical (unpaired) electrons. The monoisotopic (exact) mass is 697 g/mol. The SMILES string of the molecule is Cc1cc2cc(O)c(O)cc2c[n+]1CC1=C(c2nn[nH]n2)N2C(=O)[C@@H](NC(=O)/C(=N\O[C@@H](CC(=O)O)C(=O)O)c3csc(N)n3)[C@H]2SC1. The van der Waals surface area contributed by atoms with Crippen molar-refractivity contribution in [2.75, 3.05) is 11.5 Å². The second-order valence-electron chi connectivity index (χ2n) is 10.6. The third-order valence-electron chi connectivity index (χ3n) is 7.43. The normalized spacial score (nSPS) is 18.3. The highest BCUT2D eigenvalue weighted by atomic mass is 32.2. The largest absolute Gasteiger partial charge is 0.504 e. The lowest BCUT2D eigenvalue weighted by molar-refractivity contribution is -0.693. The molecule has 6 rings (SSSR count). The Kier molecular flexibility index (Phi) is 8.54. The molecule has 21 heteroatoms. The number of nitrogens with one attached hydrogen (secondary N) is 2. The van der Waals surface area contributed by atoms with Crippen LogP contribution in [0.25, 0.3) is 16.5 Å². The number of phenolic OH excluding ortho intramolecular Hbond substituents is 2. The van der Waals surface area contributed by atoms with Crippen molar-refractivity contribution in [2.24, 2.45) is 5.16 Å². The number of carboxylic acid groups (broad SMARTS) is 2. The number of carbonyl (C=O) groups excluding carboxylic acids is 2. The van der Waals surface area contributed by atoms with E-state index in [2.05, 4.69) is 36.1 Å². The number of benzene rings is 1. The van der Waals surface area contributed by atoms with Crippen LogP contribution in [0.2, 0.25) is 0 Å². The maximum Gasteiger partial charge on any atom is 0.348 e. The molecule has 3 aromatic heterocycles. The number of aromatic hydroxyl groups is 2. The van der Waals surface area contributed by atoms with Crippen LogP contribution in [0.15, 0.2) is 40.5 Å². The number of carbonyl (C=O) groups is 4. The van der Waals surface area contributed by atoms with E-state index in [-0.39, 0.29) is 28.1 Å². The summed E-state index contributed by atoms with van der Waals surface area (Å²) in [5.41, 5.74) is 7.11. The number of nitrogens with two attached hydrogens (primary N) is 1. The van der Waals surface area contributed by atoms with Crippen LogP contribution in [0.5, 0.6) is 11.5 Å². The minimum absolute atomic E-state index is 0.0661. The molecule has 0 spiro atoms. The average Bonchev–Trinajstić information content (AvgIpc) is 3.72. The first kappa shape index (κ1) is 32.1. The van der Waals surface area contributed by atoms with Crippen molar-refractivity contribution in [1.82, 2.24) is 35.8 Å². The number of nitrogen functional groups attached to an aromatic ring is 1. The van der Waals surface area contributed by atoms with Gasteiger partial charge in [0.1, 0.15) is 17.1 Å². The Morgan fingerprint density at radius 3 is 2.62 bits per heavy atom. The molecule has 2 aliphatic rings. The van der Waals surface area contributed by atoms with Gasteiger partial charge in [0.05, 0.1) is 12.1 Å². The number of phenols is 2. The van der Waals surface area contributed by atoms with Crippen molar-refractivity contribution in [1.29, 1.82) is 0 Å². The molecular weight excluding hydrogens is 672 g/mol. The minimum Gasteiger partial charge on any atom is -0.504 e. The lowest BCUT2D eigenvalue weighted by atomic mass is 10.0. The molecule has 48 heavy (non-hydrogen) atoms. The Balaban J connectivity index is 1.27. The lowest BCUT2D eigenvalue weighted by Crippen LogP contribution is -2.70. The van der Waals surface area contributed by atoms with Gasteiger partial charge in [-0.15, -0.1) is 33.3 Å². The van der Waals surface area contributed by atoms with Gasteiger partial charge in [-0.1, -0.05) is 5.16 Å². The maximum absolute atomic E-state index is 13.7. The molecule has 19 nitrogen and oxygen atoms in total. The minimum atomic E-state index is -1.90. The number of oxime groups is 1. The molecule has 3 atom stereocenters. The highest BCUT2D eigenvalue weighted by Crippen LogP contribution is 2.43. The van der Waals surface area contributed by atoms with Crippen LogP contribution in [0.3, 0.4) is 0 Å². The highest BCUT2D eigenvalue weighted by molar-refractivity contribution is 8.00. The molecule has 0 bridgehead atoms. The fourth-order valence-corrected chi connectivity index (χ4v) is 7.02. The summed E-state index contributed by atoms with van der Waals surface area (Å²) in [7, 11) is 0. The number of tetrazole rings is 1. The second kappa shape index (κ2) is 12.8. The standard InChI is InChI=1S/C27H24N10O9S2/c1-10-2-11-3-15(38)16(39)4-12(11)6-36(10)7-13-8-47-25-20(24(43)37(25)21(13)22-31-34-35-32-22)30-23(42)19(14-9-48-27(28)29-14)33-46-17(26(44)45)5-18(40)41/h2-4,6,9,17,20,25H,5,7-8H2,1H3,(H7,28,29,30,31,32,34,35,39,40,41,42,44,45)/p+1/b33-19-/t17-,20+,25+/m0/s1. The molecular formula is C27H25N10O9S2+. The molecule has 4 aromatic rings. The lowest BCUT2D eigenvalue weighted by Gasteiger charge is -2.49. The zero-order valence-electron chi connectivity index (χ0n) is 24.6. The topological polar surface area (TPSA) is 283 Å². The van der Waals surface area contributed by atoms with E-state index in [0.717, 1.165) is 28.0 Å². The number of thioether (sulfide) groups is 1. The number of carboxylic acids is 2. The van der Waals surface area contributed by atoms with Gasteiger partial charge in [0.25, 0.3) is 11.8 Å². The van der Waals surface area contributed by atoms with Crippen molar-refractivity contribution >= 4 is 74.2 Å². The maximum atomic E-state index is 13.7. The van der Waals surface area contributed by atoms with E-state index in [0.29, 0.717) is 23.4 Å². The number of aromatic amines is 1. The number of thiazole rings is 1. The molecule has 0 unspecified atom stereocenters. The number of β-lactam (4-membered cyclic amide) rings is 1. The number of amides is 2. The number of hydrogen-bond donors (Lipinski definition) is 7. The number of anilines is 1. The quantitative estimate of drug-likeness (QED) is 0.0344. The molecule has 1 fully saturated rings. The van der Waals surface area contributed by atoms with Gasteiger partial charge in [-0.3, -0.25) is 19.3 Å². The van der Waals surface area contributed by atoms with Gasteiger partial charge in [-0.25, -0.2) is 9.78 Å². The summed E-state index contributed by atoms with van der Waals surface area (Å²) in [6, 6.07) is 3.70. The van der Waals surface area contributed by atoms with E-state index in [1.165, 1.54) is 34.2 Å². The molecule has 0 saturated carbocycles. The Bertz CT molecular complexity index is 2030. The van der Waals surface area contributed by atoms with Gasteiger partial charge in [0.2, 0.25) is 11.9 Å². The van der Waals surface area contributed by atoms with Crippen molar-refractivity contribution in [3.05, 3.63) is 52.6 Å². The van der Waals surface area contributed by atoms with Crippen molar-refractivity contribution < 1.29 is 49.0 Å². The Morgan fingerprint density at radius 2 is 1.98 bits per heavy atom. The highest BCUT2D eigenvalue weighted by Gasteiger charge is 2.54. The summed E-state index contributed by atoms with van der Waals surface area (Å²) in [6.07, 6.45) is -1.03. The van der Waals surface area contributed by atoms with E-state index in [4.69, 9.17) is 15.7 Å². The first-order valence-electron chi connectivity index (χ1n) is 13.9. The van der Waals surface area contributed by atoms with Crippen LogP contribution in [-0.4, -0.2) is 104 Å². The van der Waals surface area contributed by atoms with E-state index in [1.807, 2.05) is 23.8 Å². The number of hydrogen-bond acceptors (Lipinski definition) is 15. The number of fused-ring (bicyclic) bond motifs is 2. The number of rotatable bonds is 11. The molecule has 2 amide bonds. The number of H-pyrrole nitrogens is 1. The molecule has 0 aliphatic carbocycles. The van der Waals surface area contributed by atoms with Crippen molar-refractivity contribution in [3.63, 3.8) is 0 Å². The van der Waals surface area contributed by atoms with Gasteiger partial charge < -0.3 is 36.3 Å². The van der Waals surface area contributed by atoms with Gasteiger partial charge in [-0.2, -0.15) is 9.78 Å². The third-order valence-corrected chi connectivity index (χ3v) is 9.44. The molecule has 5 heterocycles. The summed E-state index contributed by atoms with van der Waals surface area (Å²) < 4.78 is 1.91. The van der Waals surface area contributed by atoms with Crippen LogP contribution in [0.1, 0.15) is 23.6 Å². The summed E-state index contributed by atoms with van der Waals surface area (Å²) in [5, 5.41) is 60.9. The second-order valence-corrected chi connectivity index (χ2v) is 12.6. The van der Waals surface area contributed by atoms with Crippen LogP contribution >= 0.6 is 23.1 Å². The number of nitrogens with zero attached hydrogens (tertiary/aromatic N) is 7. The fourth-order valence-electron chi connectivity index (χ4n) is 5.13. The third kappa shape index (κ3) is 6.14.